The van der Waals surface area contributed by atoms with Gasteiger partial charge in [-0.2, -0.15) is 5.10 Å². The summed E-state index contributed by atoms with van der Waals surface area (Å²) >= 11 is 0. The highest BCUT2D eigenvalue weighted by atomic mass is 16.4. The fraction of sp³-hybridized carbons (Fsp3) is 0. The van der Waals surface area contributed by atoms with Gasteiger partial charge in [0, 0.05) is 18.2 Å². The normalized spacial score (nSPS) is 10.0. The van der Waals surface area contributed by atoms with Crippen LogP contribution in [0.15, 0.2) is 28.8 Å². The Morgan fingerprint density at radius 1 is 1.50 bits per heavy atom. The van der Waals surface area contributed by atoms with Crippen LogP contribution in [0.2, 0.25) is 0 Å². The average Bonchev–Trinajstić information content (AvgIpc) is 2.79. The lowest BCUT2D eigenvalue weighted by Gasteiger charge is -2.09. The molecule has 0 unspecified atom stereocenters. The standard InChI is InChI=1S/C8H8N4O2/c9-6-1-2-8(14-6)12(5-13)7-3-4-10-11-7/h1-5H,9H2,(H,10,11). The van der Waals surface area contributed by atoms with Gasteiger partial charge in [-0.15, -0.1) is 0 Å². The molecule has 2 aromatic rings. The number of carbonyl (C=O) groups is 1. The molecular weight excluding hydrogens is 184 g/mol. The van der Waals surface area contributed by atoms with Crippen molar-refractivity contribution in [1.82, 2.24) is 10.2 Å². The number of hydrogen-bond donors (Lipinski definition) is 2. The van der Waals surface area contributed by atoms with Crippen LogP contribution in [-0.2, 0) is 4.79 Å². The van der Waals surface area contributed by atoms with Crippen molar-refractivity contribution in [2.45, 2.75) is 0 Å². The Bertz CT molecular complexity index is 420. The van der Waals surface area contributed by atoms with Crippen molar-refractivity contribution in [2.75, 3.05) is 10.6 Å². The molecule has 0 aliphatic rings. The summed E-state index contributed by atoms with van der Waals surface area (Å²) in [5.74, 6) is 1.13. The van der Waals surface area contributed by atoms with Crippen molar-refractivity contribution >= 4 is 24.0 Å². The SMILES string of the molecule is Nc1ccc(N(C=O)c2ccn[nH]2)o1. The maximum absolute atomic E-state index is 10.8. The van der Waals surface area contributed by atoms with Crippen LogP contribution in [0, 0.1) is 0 Å². The van der Waals surface area contributed by atoms with Crippen molar-refractivity contribution in [1.29, 1.82) is 0 Å². The molecule has 0 atom stereocenters. The number of H-pyrrole nitrogens is 1. The molecule has 0 spiro atoms. The summed E-state index contributed by atoms with van der Waals surface area (Å²) in [7, 11) is 0. The monoisotopic (exact) mass is 192 g/mol. The van der Waals surface area contributed by atoms with Gasteiger partial charge in [-0.3, -0.25) is 9.89 Å². The number of nitrogens with two attached hydrogens (primary N) is 1. The number of aromatic nitrogens is 2. The molecule has 0 aliphatic carbocycles. The first-order valence-corrected chi connectivity index (χ1v) is 3.90. The number of nitrogens with one attached hydrogen (secondary N) is 1. The van der Waals surface area contributed by atoms with Crippen LogP contribution in [-0.4, -0.2) is 16.6 Å². The minimum absolute atomic E-state index is 0.256. The Morgan fingerprint density at radius 3 is 2.86 bits per heavy atom. The van der Waals surface area contributed by atoms with E-state index in [9.17, 15) is 4.79 Å². The van der Waals surface area contributed by atoms with Gasteiger partial charge in [0.15, 0.2) is 5.88 Å². The van der Waals surface area contributed by atoms with Crippen LogP contribution in [0.1, 0.15) is 0 Å². The van der Waals surface area contributed by atoms with Crippen LogP contribution in [0.3, 0.4) is 0 Å². The first kappa shape index (κ1) is 8.36. The molecule has 1 amide bonds. The highest BCUT2D eigenvalue weighted by Crippen LogP contribution is 2.24. The number of nitrogen functional groups attached to an aromatic ring is 1. The quantitative estimate of drug-likeness (QED) is 0.706. The Hall–Kier alpha value is -2.24. The van der Waals surface area contributed by atoms with Crippen LogP contribution in [0.5, 0.6) is 0 Å². The lowest BCUT2D eigenvalue weighted by molar-refractivity contribution is -0.107. The van der Waals surface area contributed by atoms with Gasteiger partial charge < -0.3 is 10.2 Å². The van der Waals surface area contributed by atoms with E-state index in [1.54, 1.807) is 18.2 Å². The van der Waals surface area contributed by atoms with E-state index in [0.717, 1.165) is 0 Å². The summed E-state index contributed by atoms with van der Waals surface area (Å²) in [5, 5.41) is 6.36. The van der Waals surface area contributed by atoms with E-state index in [1.807, 2.05) is 0 Å². The molecule has 2 heterocycles. The third kappa shape index (κ3) is 1.33. The predicted octanol–water partition coefficient (Wildman–Crippen LogP) is 0.879. The van der Waals surface area contributed by atoms with Gasteiger partial charge in [-0.1, -0.05) is 0 Å². The van der Waals surface area contributed by atoms with Gasteiger partial charge in [0.2, 0.25) is 12.3 Å². The molecule has 0 bridgehead atoms. The molecule has 2 rings (SSSR count). The molecule has 2 aromatic heterocycles. The number of carbonyl (C=O) groups excluding carboxylic acids is 1. The predicted molar refractivity (Wildman–Crippen MR) is 49.9 cm³/mol. The number of anilines is 3. The third-order valence-electron chi connectivity index (χ3n) is 1.70. The molecule has 14 heavy (non-hydrogen) atoms. The average molecular weight is 192 g/mol. The van der Waals surface area contributed by atoms with E-state index < -0.39 is 0 Å². The number of furan rings is 1. The van der Waals surface area contributed by atoms with Crippen LogP contribution in [0.25, 0.3) is 0 Å². The topological polar surface area (TPSA) is 88.1 Å². The molecule has 0 aromatic carbocycles. The fourth-order valence-corrected chi connectivity index (χ4v) is 1.08. The molecule has 0 saturated carbocycles. The first-order valence-electron chi connectivity index (χ1n) is 3.90. The highest BCUT2D eigenvalue weighted by Gasteiger charge is 2.12. The maximum atomic E-state index is 10.8. The number of rotatable bonds is 3. The Balaban J connectivity index is 2.35. The fourth-order valence-electron chi connectivity index (χ4n) is 1.08. The lowest BCUT2D eigenvalue weighted by atomic mass is 10.5. The van der Waals surface area contributed by atoms with Crippen molar-refractivity contribution < 1.29 is 9.21 Å². The van der Waals surface area contributed by atoms with Gasteiger partial charge in [-0.25, -0.2) is 4.90 Å². The van der Waals surface area contributed by atoms with Crippen molar-refractivity contribution in [3.63, 3.8) is 0 Å². The zero-order chi connectivity index (χ0) is 9.97. The summed E-state index contributed by atoms with van der Waals surface area (Å²) in [4.78, 5) is 12.1. The summed E-state index contributed by atoms with van der Waals surface area (Å²) in [5.41, 5.74) is 5.39. The second-order valence-corrected chi connectivity index (χ2v) is 2.59. The molecule has 0 radical (unpaired) electrons. The van der Waals surface area contributed by atoms with Crippen LogP contribution >= 0.6 is 0 Å². The molecule has 0 fully saturated rings. The smallest absolute Gasteiger partial charge is 0.222 e. The molecule has 6 nitrogen and oxygen atoms in total. The van der Waals surface area contributed by atoms with Crippen molar-refractivity contribution in [3.05, 3.63) is 24.4 Å². The molecule has 6 heteroatoms. The van der Waals surface area contributed by atoms with Gasteiger partial charge in [-0.05, 0) is 0 Å². The third-order valence-corrected chi connectivity index (χ3v) is 1.70. The molecule has 3 N–H and O–H groups in total. The van der Waals surface area contributed by atoms with E-state index >= 15 is 0 Å². The van der Waals surface area contributed by atoms with Gasteiger partial charge >= 0.3 is 0 Å². The van der Waals surface area contributed by atoms with E-state index in [2.05, 4.69) is 10.2 Å². The Labute approximate surface area is 79.3 Å². The Kier molecular flexibility index (Phi) is 1.94. The van der Waals surface area contributed by atoms with E-state index in [-0.39, 0.29) is 5.88 Å². The maximum Gasteiger partial charge on any atom is 0.222 e. The van der Waals surface area contributed by atoms with Crippen molar-refractivity contribution in [2.24, 2.45) is 0 Å². The zero-order valence-electron chi connectivity index (χ0n) is 7.18. The molecule has 72 valence electrons. The first-order chi connectivity index (χ1) is 6.81. The number of amides is 1. The minimum Gasteiger partial charge on any atom is -0.425 e. The highest BCUT2D eigenvalue weighted by molar-refractivity contribution is 5.82. The second-order valence-electron chi connectivity index (χ2n) is 2.59. The largest absolute Gasteiger partial charge is 0.425 e. The zero-order valence-corrected chi connectivity index (χ0v) is 7.18. The molecular formula is C8H8N4O2. The summed E-state index contributed by atoms with van der Waals surface area (Å²) in [6.07, 6.45) is 2.16. The molecule has 0 saturated heterocycles. The van der Waals surface area contributed by atoms with E-state index in [4.69, 9.17) is 10.2 Å². The van der Waals surface area contributed by atoms with Gasteiger partial charge in [0.25, 0.3) is 0 Å². The van der Waals surface area contributed by atoms with Crippen LogP contribution < -0.4 is 10.6 Å². The number of nitrogens with zero attached hydrogens (tertiary/aromatic N) is 2. The van der Waals surface area contributed by atoms with Crippen LogP contribution in [0.4, 0.5) is 17.6 Å². The molecule has 0 aliphatic heterocycles. The summed E-state index contributed by atoms with van der Waals surface area (Å²) < 4.78 is 5.08. The van der Waals surface area contributed by atoms with Gasteiger partial charge in [0.05, 0.1) is 6.20 Å². The summed E-state index contributed by atoms with van der Waals surface area (Å²) in [6, 6.07) is 4.82. The van der Waals surface area contributed by atoms with E-state index in [0.29, 0.717) is 18.1 Å². The van der Waals surface area contributed by atoms with Crippen molar-refractivity contribution in [3.8, 4) is 0 Å². The van der Waals surface area contributed by atoms with Gasteiger partial charge in [0.1, 0.15) is 5.82 Å². The number of hydrogen-bond acceptors (Lipinski definition) is 4. The number of aromatic amines is 1. The Morgan fingerprint density at radius 2 is 2.36 bits per heavy atom. The lowest BCUT2D eigenvalue weighted by Crippen LogP contribution is -2.13. The minimum atomic E-state index is 0.256. The van der Waals surface area contributed by atoms with E-state index in [1.165, 1.54) is 11.1 Å². The summed E-state index contributed by atoms with van der Waals surface area (Å²) in [6.45, 7) is 0. The second kappa shape index (κ2) is 3.25.